The molecule has 0 bridgehead atoms. The number of hydrogen-bond acceptors (Lipinski definition) is 3. The fraction of sp³-hybridized carbons (Fsp3) is 0. The molecule has 0 saturated carbocycles. The van der Waals surface area contributed by atoms with Gasteiger partial charge in [-0.15, -0.1) is 0 Å². The first-order valence-corrected chi connectivity index (χ1v) is 1.26. The molecule has 0 unspecified atom stereocenters. The number of ether oxygens (including phenoxy) is 1. The van der Waals surface area contributed by atoms with Crippen molar-refractivity contribution in [2.24, 2.45) is 0 Å². The molecule has 0 aromatic carbocycles. The Labute approximate surface area is 48.9 Å². The van der Waals surface area contributed by atoms with Gasteiger partial charge < -0.3 is 14.9 Å². The predicted octanol–water partition coefficient (Wildman–Crippen LogP) is -1.09. The lowest BCUT2D eigenvalue weighted by atomic mass is 11.3. The minimum absolute atomic E-state index is 0. The van der Waals surface area contributed by atoms with Gasteiger partial charge in [0.1, 0.15) is 0 Å². The molecule has 0 fully saturated rings. The second-order valence-electron chi connectivity index (χ2n) is 0.634. The molecular weight excluding hydrogens is 132 g/mol. The SMILES string of the molecule is O=C(O)OC(=O)O.[SiH4]. The van der Waals surface area contributed by atoms with Gasteiger partial charge in [0.05, 0.1) is 0 Å². The first kappa shape index (κ1) is 10.0. The second-order valence-corrected chi connectivity index (χ2v) is 0.634. The first-order chi connectivity index (χ1) is 3.13. The van der Waals surface area contributed by atoms with E-state index in [2.05, 4.69) is 4.74 Å². The van der Waals surface area contributed by atoms with Crippen LogP contribution in [0.3, 0.4) is 0 Å². The van der Waals surface area contributed by atoms with Gasteiger partial charge in [0, 0.05) is 0 Å². The largest absolute Gasteiger partial charge is 0.516 e. The van der Waals surface area contributed by atoms with Crippen LogP contribution in [0.25, 0.3) is 0 Å². The lowest BCUT2D eigenvalue weighted by Crippen LogP contribution is -2.05. The summed E-state index contributed by atoms with van der Waals surface area (Å²) in [6.07, 6.45) is -3.62. The molecular formula is C2H6O5Si. The van der Waals surface area contributed by atoms with Crippen LogP contribution in [0.5, 0.6) is 0 Å². The highest BCUT2D eigenvalue weighted by atomic mass is 28.1. The standard InChI is InChI=1S/C2H2O5.H4Si/c3-1(4)7-2(5)6;/h(H,3,4)(H,5,6);1H4. The molecule has 0 aliphatic carbocycles. The van der Waals surface area contributed by atoms with E-state index < -0.39 is 12.3 Å². The van der Waals surface area contributed by atoms with E-state index in [1.807, 2.05) is 0 Å². The molecule has 0 aromatic heterocycles. The van der Waals surface area contributed by atoms with Crippen LogP contribution < -0.4 is 0 Å². The van der Waals surface area contributed by atoms with E-state index in [0.717, 1.165) is 0 Å². The lowest BCUT2D eigenvalue weighted by molar-refractivity contribution is 0.0802. The first-order valence-electron chi connectivity index (χ1n) is 1.26. The Kier molecular flexibility index (Phi) is 5.18. The van der Waals surface area contributed by atoms with Gasteiger partial charge in [-0.05, 0) is 11.0 Å². The molecule has 0 spiro atoms. The molecule has 0 amide bonds. The summed E-state index contributed by atoms with van der Waals surface area (Å²) in [5, 5.41) is 15.0. The molecule has 6 heteroatoms. The van der Waals surface area contributed by atoms with Crippen LogP contribution in [-0.4, -0.2) is 33.5 Å². The zero-order valence-corrected chi connectivity index (χ0v) is 3.12. The summed E-state index contributed by atoms with van der Waals surface area (Å²) in [4.78, 5) is 18.4. The fourth-order valence-electron chi connectivity index (χ4n) is 0.0747. The molecule has 0 radical (unpaired) electrons. The van der Waals surface area contributed by atoms with Gasteiger partial charge in [0.15, 0.2) is 0 Å². The van der Waals surface area contributed by atoms with Crippen LogP contribution in [0.2, 0.25) is 0 Å². The Morgan fingerprint density at radius 1 is 1.12 bits per heavy atom. The smallest absolute Gasteiger partial charge is 0.449 e. The third kappa shape index (κ3) is 8.88. The summed E-state index contributed by atoms with van der Waals surface area (Å²) < 4.78 is 3.08. The summed E-state index contributed by atoms with van der Waals surface area (Å²) in [6, 6.07) is 0. The van der Waals surface area contributed by atoms with Gasteiger partial charge >= 0.3 is 12.3 Å². The molecule has 0 heterocycles. The van der Waals surface area contributed by atoms with Crippen molar-refractivity contribution in [3.8, 4) is 0 Å². The zero-order valence-electron chi connectivity index (χ0n) is 3.12. The van der Waals surface area contributed by atoms with Crippen LogP contribution in [0.1, 0.15) is 0 Å². The molecule has 0 saturated heterocycles. The van der Waals surface area contributed by atoms with E-state index in [0.29, 0.717) is 0 Å². The average Bonchev–Trinajstić information content (AvgIpc) is 1.27. The highest BCUT2D eigenvalue weighted by Crippen LogP contribution is 1.73. The summed E-state index contributed by atoms with van der Waals surface area (Å²) >= 11 is 0. The summed E-state index contributed by atoms with van der Waals surface area (Å²) in [6.45, 7) is 0. The Morgan fingerprint density at radius 2 is 1.38 bits per heavy atom. The van der Waals surface area contributed by atoms with E-state index in [9.17, 15) is 9.59 Å². The topological polar surface area (TPSA) is 83.8 Å². The van der Waals surface area contributed by atoms with Crippen LogP contribution in [0, 0.1) is 0 Å². The van der Waals surface area contributed by atoms with Gasteiger partial charge in [0.25, 0.3) is 0 Å². The van der Waals surface area contributed by atoms with Crippen LogP contribution in [0.15, 0.2) is 0 Å². The van der Waals surface area contributed by atoms with E-state index in [4.69, 9.17) is 10.2 Å². The van der Waals surface area contributed by atoms with Crippen LogP contribution in [0.4, 0.5) is 9.59 Å². The monoisotopic (exact) mass is 138 g/mol. The minimum Gasteiger partial charge on any atom is -0.449 e. The number of rotatable bonds is 0. The average molecular weight is 138 g/mol. The second kappa shape index (κ2) is 4.12. The number of carboxylic acid groups (broad SMARTS) is 2. The maximum absolute atomic E-state index is 9.21. The van der Waals surface area contributed by atoms with Crippen molar-refractivity contribution < 1.29 is 24.5 Å². The molecule has 2 N–H and O–H groups in total. The molecule has 5 nitrogen and oxygen atoms in total. The molecule has 48 valence electrons. The summed E-state index contributed by atoms with van der Waals surface area (Å²) in [5.41, 5.74) is 0. The Morgan fingerprint density at radius 3 is 1.38 bits per heavy atom. The molecule has 0 atom stereocenters. The van der Waals surface area contributed by atoms with Gasteiger partial charge in [0.2, 0.25) is 0 Å². The third-order valence-corrected chi connectivity index (χ3v) is 0.175. The quantitative estimate of drug-likeness (QED) is 0.252. The molecule has 0 rings (SSSR count). The Balaban J connectivity index is 0. The number of hydrogen-bond donors (Lipinski definition) is 2. The normalized spacial score (nSPS) is 6.50. The van der Waals surface area contributed by atoms with E-state index in [1.54, 1.807) is 0 Å². The van der Waals surface area contributed by atoms with Crippen molar-refractivity contribution in [3.63, 3.8) is 0 Å². The zero-order chi connectivity index (χ0) is 5.86. The molecule has 0 aliphatic rings. The van der Waals surface area contributed by atoms with E-state index in [1.165, 1.54) is 0 Å². The molecule has 8 heavy (non-hydrogen) atoms. The Bertz CT molecular complexity index is 86.6. The van der Waals surface area contributed by atoms with Gasteiger partial charge in [-0.3, -0.25) is 0 Å². The van der Waals surface area contributed by atoms with Crippen molar-refractivity contribution in [1.29, 1.82) is 0 Å². The van der Waals surface area contributed by atoms with Crippen LogP contribution >= 0.6 is 0 Å². The third-order valence-electron chi connectivity index (χ3n) is 0.175. The van der Waals surface area contributed by atoms with Crippen molar-refractivity contribution >= 4 is 23.3 Å². The van der Waals surface area contributed by atoms with Gasteiger partial charge in [-0.2, -0.15) is 0 Å². The van der Waals surface area contributed by atoms with E-state index in [-0.39, 0.29) is 11.0 Å². The summed E-state index contributed by atoms with van der Waals surface area (Å²) in [5.74, 6) is 0. The maximum Gasteiger partial charge on any atom is 0.516 e. The Hall–Kier alpha value is -1.04. The summed E-state index contributed by atoms with van der Waals surface area (Å²) in [7, 11) is 0. The van der Waals surface area contributed by atoms with Gasteiger partial charge in [-0.1, -0.05) is 0 Å². The molecule has 0 aliphatic heterocycles. The number of carbonyl (C=O) groups is 2. The highest BCUT2D eigenvalue weighted by molar-refractivity contribution is 5.75. The predicted molar refractivity (Wildman–Crippen MR) is 28.5 cm³/mol. The van der Waals surface area contributed by atoms with E-state index >= 15 is 0 Å². The van der Waals surface area contributed by atoms with Crippen LogP contribution in [-0.2, 0) is 4.74 Å². The minimum atomic E-state index is -1.81. The van der Waals surface area contributed by atoms with Gasteiger partial charge in [-0.25, -0.2) is 9.59 Å². The van der Waals surface area contributed by atoms with Crippen molar-refractivity contribution in [3.05, 3.63) is 0 Å². The molecule has 0 aromatic rings. The lowest BCUT2D eigenvalue weighted by Gasteiger charge is -1.84. The highest BCUT2D eigenvalue weighted by Gasteiger charge is 2.01. The van der Waals surface area contributed by atoms with Crippen molar-refractivity contribution in [2.45, 2.75) is 0 Å². The van der Waals surface area contributed by atoms with Crippen molar-refractivity contribution in [2.75, 3.05) is 0 Å². The maximum atomic E-state index is 9.21. The fourth-order valence-corrected chi connectivity index (χ4v) is 0.0747. The van der Waals surface area contributed by atoms with Crippen molar-refractivity contribution in [1.82, 2.24) is 0 Å².